The number of fused-ring (bicyclic) bond motifs is 1. The number of rotatable bonds is 3. The Kier molecular flexibility index (Phi) is 3.47. The fraction of sp³-hybridized carbons (Fsp3) is 0.167. The van der Waals surface area contributed by atoms with Gasteiger partial charge in [-0.1, -0.05) is 6.07 Å². The Balaban J connectivity index is 2.39. The molecule has 2 amide bonds. The summed E-state index contributed by atoms with van der Waals surface area (Å²) in [4.78, 5) is 22.1. The second-order valence-corrected chi connectivity index (χ2v) is 3.64. The average Bonchev–Trinajstić information content (AvgIpc) is 2.38. The lowest BCUT2D eigenvalue weighted by Crippen LogP contribution is -2.28. The van der Waals surface area contributed by atoms with Crippen LogP contribution in [0.1, 0.15) is 17.3 Å². The van der Waals surface area contributed by atoms with Gasteiger partial charge in [0.15, 0.2) is 5.82 Å². The molecule has 0 saturated heterocycles. The molecule has 18 heavy (non-hydrogen) atoms. The highest BCUT2D eigenvalue weighted by Gasteiger charge is 2.07. The summed E-state index contributed by atoms with van der Waals surface area (Å²) in [6.45, 7) is 2.35. The summed E-state index contributed by atoms with van der Waals surface area (Å²) in [6.07, 6.45) is 2.31. The van der Waals surface area contributed by atoms with Gasteiger partial charge in [0.05, 0.1) is 6.20 Å². The summed E-state index contributed by atoms with van der Waals surface area (Å²) in [6, 6.07) is 4.76. The third kappa shape index (κ3) is 2.42. The molecule has 1 aromatic heterocycles. The van der Waals surface area contributed by atoms with E-state index in [4.69, 9.17) is 0 Å². The Morgan fingerprint density at radius 3 is 3.00 bits per heavy atom. The second kappa shape index (κ2) is 5.22. The lowest BCUT2D eigenvalue weighted by Gasteiger charge is -2.07. The van der Waals surface area contributed by atoms with Crippen molar-refractivity contribution in [1.29, 1.82) is 0 Å². The maximum absolute atomic E-state index is 11.4. The van der Waals surface area contributed by atoms with E-state index in [1.54, 1.807) is 24.4 Å². The van der Waals surface area contributed by atoms with Gasteiger partial charge in [0, 0.05) is 22.9 Å². The van der Waals surface area contributed by atoms with Crippen molar-refractivity contribution in [3.63, 3.8) is 0 Å². The normalized spacial score (nSPS) is 10.1. The zero-order chi connectivity index (χ0) is 13.0. The van der Waals surface area contributed by atoms with Crippen LogP contribution < -0.4 is 10.6 Å². The molecule has 1 heterocycles. The van der Waals surface area contributed by atoms with Crippen LogP contribution in [0.4, 0.5) is 10.6 Å². The number of carbonyl (C=O) groups is 2. The SMILES string of the molecule is CCNC(=O)Nc1nncc2cc(C=O)ccc12. The van der Waals surface area contributed by atoms with Crippen LogP contribution in [0.3, 0.4) is 0 Å². The third-order valence-corrected chi connectivity index (χ3v) is 2.39. The molecule has 2 N–H and O–H groups in total. The largest absolute Gasteiger partial charge is 0.338 e. The van der Waals surface area contributed by atoms with Crippen molar-refractivity contribution in [2.75, 3.05) is 11.9 Å². The number of nitrogens with zero attached hydrogens (tertiary/aromatic N) is 2. The fourth-order valence-electron chi connectivity index (χ4n) is 1.58. The number of anilines is 1. The zero-order valence-electron chi connectivity index (χ0n) is 9.80. The lowest BCUT2D eigenvalue weighted by molar-refractivity contribution is 0.112. The zero-order valence-corrected chi connectivity index (χ0v) is 9.80. The second-order valence-electron chi connectivity index (χ2n) is 3.64. The van der Waals surface area contributed by atoms with Crippen molar-refractivity contribution in [2.45, 2.75) is 6.92 Å². The van der Waals surface area contributed by atoms with Crippen LogP contribution in [0.2, 0.25) is 0 Å². The third-order valence-electron chi connectivity index (χ3n) is 2.39. The number of benzene rings is 1. The number of aldehydes is 1. The van der Waals surface area contributed by atoms with Gasteiger partial charge in [0.25, 0.3) is 0 Å². The first-order valence-electron chi connectivity index (χ1n) is 5.50. The van der Waals surface area contributed by atoms with Gasteiger partial charge in [-0.3, -0.25) is 10.1 Å². The summed E-state index contributed by atoms with van der Waals surface area (Å²) >= 11 is 0. The van der Waals surface area contributed by atoms with Crippen molar-refractivity contribution in [2.24, 2.45) is 0 Å². The van der Waals surface area contributed by atoms with Crippen LogP contribution in [-0.4, -0.2) is 29.1 Å². The molecule has 0 aliphatic rings. The topological polar surface area (TPSA) is 84.0 Å². The summed E-state index contributed by atoms with van der Waals surface area (Å²) in [5, 5.41) is 14.4. The number of carbonyl (C=O) groups excluding carboxylic acids is 2. The smallest absolute Gasteiger partial charge is 0.320 e. The van der Waals surface area contributed by atoms with Gasteiger partial charge in [-0.05, 0) is 19.1 Å². The highest BCUT2D eigenvalue weighted by atomic mass is 16.2. The lowest BCUT2D eigenvalue weighted by atomic mass is 10.1. The number of hydrogen-bond acceptors (Lipinski definition) is 4. The van der Waals surface area contributed by atoms with Gasteiger partial charge in [-0.15, -0.1) is 5.10 Å². The Bertz CT molecular complexity index is 598. The highest BCUT2D eigenvalue weighted by molar-refractivity contribution is 6.00. The molecule has 0 atom stereocenters. The molecule has 2 rings (SSSR count). The van der Waals surface area contributed by atoms with E-state index < -0.39 is 0 Å². The standard InChI is InChI=1S/C12H12N4O2/c1-2-13-12(18)15-11-10-4-3-8(7-17)5-9(10)6-14-16-11/h3-7H,2H2,1H3,(H2,13,15,16,18). The van der Waals surface area contributed by atoms with E-state index in [2.05, 4.69) is 20.8 Å². The minimum absolute atomic E-state index is 0.334. The van der Waals surface area contributed by atoms with Crippen LogP contribution in [0.5, 0.6) is 0 Å². The number of urea groups is 1. The first-order valence-corrected chi connectivity index (χ1v) is 5.50. The van der Waals surface area contributed by atoms with Crippen molar-refractivity contribution >= 4 is 28.9 Å². The van der Waals surface area contributed by atoms with Crippen molar-refractivity contribution in [3.8, 4) is 0 Å². The van der Waals surface area contributed by atoms with Crippen molar-refractivity contribution in [3.05, 3.63) is 30.0 Å². The molecule has 1 aromatic carbocycles. The Morgan fingerprint density at radius 1 is 1.44 bits per heavy atom. The van der Waals surface area contributed by atoms with Gasteiger partial charge < -0.3 is 5.32 Å². The molecule has 2 aromatic rings. The number of nitrogens with one attached hydrogen (secondary N) is 2. The number of hydrogen-bond donors (Lipinski definition) is 2. The molecule has 0 bridgehead atoms. The van der Waals surface area contributed by atoms with Crippen LogP contribution in [-0.2, 0) is 0 Å². The Hall–Kier alpha value is -2.50. The Labute approximate surface area is 103 Å². The van der Waals surface area contributed by atoms with E-state index in [1.807, 2.05) is 6.92 Å². The highest BCUT2D eigenvalue weighted by Crippen LogP contribution is 2.20. The van der Waals surface area contributed by atoms with Gasteiger partial charge >= 0.3 is 6.03 Å². The molecule has 0 fully saturated rings. The Morgan fingerprint density at radius 2 is 2.28 bits per heavy atom. The van der Waals surface area contributed by atoms with Crippen LogP contribution in [0.25, 0.3) is 10.8 Å². The number of amides is 2. The molecule has 6 heteroatoms. The predicted molar refractivity (Wildman–Crippen MR) is 67.6 cm³/mol. The molecule has 0 spiro atoms. The van der Waals surface area contributed by atoms with E-state index in [0.29, 0.717) is 17.9 Å². The summed E-state index contributed by atoms with van der Waals surface area (Å²) < 4.78 is 0. The monoisotopic (exact) mass is 244 g/mol. The maximum Gasteiger partial charge on any atom is 0.320 e. The van der Waals surface area contributed by atoms with E-state index in [9.17, 15) is 9.59 Å². The van der Waals surface area contributed by atoms with Gasteiger partial charge in [-0.2, -0.15) is 5.10 Å². The first-order chi connectivity index (χ1) is 8.74. The molecular formula is C12H12N4O2. The molecular weight excluding hydrogens is 232 g/mol. The van der Waals surface area contributed by atoms with E-state index >= 15 is 0 Å². The molecule has 6 nitrogen and oxygen atoms in total. The number of aromatic nitrogens is 2. The summed E-state index contributed by atoms with van der Waals surface area (Å²) in [5.74, 6) is 0.371. The molecule has 92 valence electrons. The van der Waals surface area contributed by atoms with Gasteiger partial charge in [0.2, 0.25) is 0 Å². The first kappa shape index (κ1) is 12.0. The average molecular weight is 244 g/mol. The quantitative estimate of drug-likeness (QED) is 0.803. The minimum atomic E-state index is -0.334. The van der Waals surface area contributed by atoms with Crippen LogP contribution in [0, 0.1) is 0 Å². The van der Waals surface area contributed by atoms with Crippen molar-refractivity contribution < 1.29 is 9.59 Å². The van der Waals surface area contributed by atoms with E-state index in [-0.39, 0.29) is 6.03 Å². The van der Waals surface area contributed by atoms with Crippen molar-refractivity contribution in [1.82, 2.24) is 15.5 Å². The molecule has 0 aliphatic carbocycles. The maximum atomic E-state index is 11.4. The van der Waals surface area contributed by atoms with Crippen LogP contribution in [0.15, 0.2) is 24.4 Å². The van der Waals surface area contributed by atoms with Gasteiger partial charge in [-0.25, -0.2) is 4.79 Å². The van der Waals surface area contributed by atoms with E-state index in [0.717, 1.165) is 17.1 Å². The van der Waals surface area contributed by atoms with Gasteiger partial charge in [0.1, 0.15) is 6.29 Å². The minimum Gasteiger partial charge on any atom is -0.338 e. The molecule has 0 saturated carbocycles. The summed E-state index contributed by atoms with van der Waals surface area (Å²) in [5.41, 5.74) is 0.555. The molecule has 0 radical (unpaired) electrons. The predicted octanol–water partition coefficient (Wildman–Crippen LogP) is 1.58. The summed E-state index contributed by atoms with van der Waals surface area (Å²) in [7, 11) is 0. The molecule has 0 aliphatic heterocycles. The van der Waals surface area contributed by atoms with Crippen LogP contribution >= 0.6 is 0 Å². The molecule has 0 unspecified atom stereocenters. The fourth-order valence-corrected chi connectivity index (χ4v) is 1.58. The van der Waals surface area contributed by atoms with E-state index in [1.165, 1.54) is 0 Å².